The van der Waals surface area contributed by atoms with Crippen LogP contribution >= 0.6 is 15.9 Å². The molecule has 1 amide bonds. The Morgan fingerprint density at radius 1 is 1.10 bits per heavy atom. The first-order valence-corrected chi connectivity index (χ1v) is 10.5. The highest BCUT2D eigenvalue weighted by Crippen LogP contribution is 2.39. The maximum atomic E-state index is 12.8. The third-order valence-electron chi connectivity index (χ3n) is 3.72. The maximum absolute atomic E-state index is 12.8. The fourth-order valence-electron chi connectivity index (χ4n) is 2.32. The Kier molecular flexibility index (Phi) is 10.1. The molecular formula is C20H25BrF4N4O2. The van der Waals surface area contributed by atoms with E-state index in [1.165, 1.54) is 12.4 Å². The number of nitrogens with zero attached hydrogens (tertiary/aromatic N) is 2. The number of alkyl halides is 5. The average molecular weight is 509 g/mol. The molecule has 1 fully saturated rings. The summed E-state index contributed by atoms with van der Waals surface area (Å²) in [4.78, 5) is 15.4. The molecule has 0 radical (unpaired) electrons. The van der Waals surface area contributed by atoms with E-state index in [4.69, 9.17) is 4.74 Å². The molecule has 1 aromatic heterocycles. The molecule has 0 spiro atoms. The Labute approximate surface area is 186 Å². The molecule has 1 heterocycles. The molecule has 0 atom stereocenters. The Bertz CT molecular complexity index is 807. The predicted octanol–water partition coefficient (Wildman–Crippen LogP) is 5.80. The summed E-state index contributed by atoms with van der Waals surface area (Å²) in [5.74, 6) is -3.67. The summed E-state index contributed by atoms with van der Waals surface area (Å²) in [6, 6.07) is 6.66. The van der Waals surface area contributed by atoms with Crippen molar-refractivity contribution in [3.63, 3.8) is 0 Å². The van der Waals surface area contributed by atoms with Gasteiger partial charge in [-0.3, -0.25) is 20.6 Å². The highest BCUT2D eigenvalue weighted by molar-refractivity contribution is 9.10. The minimum Gasteiger partial charge on any atom is -0.490 e. The van der Waals surface area contributed by atoms with E-state index >= 15 is 0 Å². The SMILES string of the molecule is CC.CC.O=C(NNc1cnc(-c2ccc(OC3CC(F)(F)C3)cc2)cn1)C(F)(F)Br. The largest absolute Gasteiger partial charge is 0.490 e. The molecule has 2 aromatic rings. The lowest BCUT2D eigenvalue weighted by Gasteiger charge is -2.34. The highest BCUT2D eigenvalue weighted by Gasteiger charge is 2.46. The van der Waals surface area contributed by atoms with Gasteiger partial charge in [0.15, 0.2) is 5.82 Å². The first-order valence-electron chi connectivity index (χ1n) is 9.72. The summed E-state index contributed by atoms with van der Waals surface area (Å²) in [7, 11) is 0. The van der Waals surface area contributed by atoms with Gasteiger partial charge >= 0.3 is 10.7 Å². The molecule has 1 aliphatic carbocycles. The van der Waals surface area contributed by atoms with Crippen LogP contribution in [0.2, 0.25) is 0 Å². The van der Waals surface area contributed by atoms with Crippen molar-refractivity contribution >= 4 is 27.7 Å². The van der Waals surface area contributed by atoms with E-state index in [0.29, 0.717) is 17.0 Å². The van der Waals surface area contributed by atoms with Crippen LogP contribution in [-0.4, -0.2) is 32.7 Å². The Morgan fingerprint density at radius 2 is 1.68 bits per heavy atom. The number of ether oxygens (including phenoxy) is 1. The lowest BCUT2D eigenvalue weighted by atomic mass is 9.91. The minimum absolute atomic E-state index is 0.0646. The van der Waals surface area contributed by atoms with E-state index in [9.17, 15) is 22.4 Å². The standard InChI is InChI=1S/C16H13BrF4N4O2.2C2H6/c17-16(20,21)14(26)25-24-13-8-22-12(7-23-13)9-1-3-10(4-2-9)27-11-5-15(18,19)6-11;2*1-2/h1-4,7-8,11H,5-6H2,(H,23,24)(H,25,26);2*1-2H3. The summed E-state index contributed by atoms with van der Waals surface area (Å²) in [6.07, 6.45) is 1.57. The van der Waals surface area contributed by atoms with Gasteiger partial charge in [-0.2, -0.15) is 8.78 Å². The monoisotopic (exact) mass is 508 g/mol. The van der Waals surface area contributed by atoms with Crippen LogP contribution in [-0.2, 0) is 4.79 Å². The van der Waals surface area contributed by atoms with Crippen molar-refractivity contribution in [3.8, 4) is 17.0 Å². The normalized spacial score (nSPS) is 14.6. The molecule has 0 unspecified atom stereocenters. The van der Waals surface area contributed by atoms with E-state index in [2.05, 4.69) is 15.4 Å². The zero-order chi connectivity index (χ0) is 23.7. The number of halogens is 5. The number of aromatic nitrogens is 2. The van der Waals surface area contributed by atoms with Gasteiger partial charge in [0.05, 0.1) is 18.1 Å². The average Bonchev–Trinajstić information content (AvgIpc) is 2.74. The number of rotatable bonds is 6. The van der Waals surface area contributed by atoms with Crippen molar-refractivity contribution in [2.24, 2.45) is 0 Å². The van der Waals surface area contributed by atoms with Gasteiger partial charge in [0, 0.05) is 34.3 Å². The van der Waals surface area contributed by atoms with Crippen molar-refractivity contribution in [2.45, 2.75) is 57.4 Å². The minimum atomic E-state index is -3.70. The number of benzene rings is 1. The Hall–Kier alpha value is -2.43. The number of anilines is 1. The molecule has 172 valence electrons. The van der Waals surface area contributed by atoms with Crippen molar-refractivity contribution in [1.82, 2.24) is 15.4 Å². The smallest absolute Gasteiger partial charge is 0.379 e. The maximum Gasteiger partial charge on any atom is 0.379 e. The van der Waals surface area contributed by atoms with Crippen molar-refractivity contribution in [1.29, 1.82) is 0 Å². The van der Waals surface area contributed by atoms with Crippen LogP contribution in [0.4, 0.5) is 23.4 Å². The van der Waals surface area contributed by atoms with Crippen LogP contribution < -0.4 is 15.6 Å². The summed E-state index contributed by atoms with van der Waals surface area (Å²) < 4.78 is 56.4. The molecule has 1 saturated carbocycles. The molecule has 1 aliphatic rings. The molecule has 2 N–H and O–H groups in total. The fraction of sp³-hybridized carbons (Fsp3) is 0.450. The first kappa shape index (κ1) is 26.6. The number of hydrazine groups is 1. The molecule has 3 rings (SSSR count). The second-order valence-electron chi connectivity index (χ2n) is 5.89. The molecular weight excluding hydrogens is 484 g/mol. The number of nitrogens with one attached hydrogen (secondary N) is 2. The quantitative estimate of drug-likeness (QED) is 0.292. The van der Waals surface area contributed by atoms with E-state index in [1.807, 2.05) is 43.6 Å². The molecule has 31 heavy (non-hydrogen) atoms. The number of hydrogen-bond acceptors (Lipinski definition) is 5. The van der Waals surface area contributed by atoms with E-state index in [1.54, 1.807) is 29.7 Å². The number of hydrogen-bond donors (Lipinski definition) is 2. The van der Waals surface area contributed by atoms with Crippen LogP contribution in [0.25, 0.3) is 11.3 Å². The molecule has 1 aromatic carbocycles. The van der Waals surface area contributed by atoms with Crippen LogP contribution in [0.15, 0.2) is 36.7 Å². The number of amides is 1. The van der Waals surface area contributed by atoms with Gasteiger partial charge in [-0.1, -0.05) is 27.7 Å². The Balaban J connectivity index is 0.00000113. The highest BCUT2D eigenvalue weighted by atomic mass is 79.9. The summed E-state index contributed by atoms with van der Waals surface area (Å²) in [5, 5.41) is 0. The first-order chi connectivity index (χ1) is 14.6. The van der Waals surface area contributed by atoms with Gasteiger partial charge in [0.2, 0.25) is 0 Å². The predicted molar refractivity (Wildman–Crippen MR) is 114 cm³/mol. The van der Waals surface area contributed by atoms with Crippen LogP contribution in [0.5, 0.6) is 5.75 Å². The molecule has 0 bridgehead atoms. The van der Waals surface area contributed by atoms with Crippen LogP contribution in [0.1, 0.15) is 40.5 Å². The van der Waals surface area contributed by atoms with E-state index < -0.39 is 22.8 Å². The van der Waals surface area contributed by atoms with Gasteiger partial charge < -0.3 is 4.74 Å². The van der Waals surface area contributed by atoms with Gasteiger partial charge in [-0.25, -0.2) is 13.8 Å². The molecule has 11 heteroatoms. The topological polar surface area (TPSA) is 76.1 Å². The fourth-order valence-corrected chi connectivity index (χ4v) is 2.42. The summed E-state index contributed by atoms with van der Waals surface area (Å²) in [6.45, 7) is 8.00. The lowest BCUT2D eigenvalue weighted by molar-refractivity contribution is -0.134. The van der Waals surface area contributed by atoms with Gasteiger partial charge in [0.25, 0.3) is 5.92 Å². The van der Waals surface area contributed by atoms with Crippen LogP contribution in [0, 0.1) is 0 Å². The Morgan fingerprint density at radius 3 is 2.13 bits per heavy atom. The van der Waals surface area contributed by atoms with Crippen molar-refractivity contribution in [2.75, 3.05) is 5.43 Å². The second-order valence-corrected chi connectivity index (χ2v) is 6.89. The third kappa shape index (κ3) is 8.31. The lowest BCUT2D eigenvalue weighted by Crippen LogP contribution is -2.43. The summed E-state index contributed by atoms with van der Waals surface area (Å²) >= 11 is 1.93. The van der Waals surface area contributed by atoms with Crippen LogP contribution in [0.3, 0.4) is 0 Å². The van der Waals surface area contributed by atoms with Gasteiger partial charge in [-0.15, -0.1) is 0 Å². The van der Waals surface area contributed by atoms with Gasteiger partial charge in [-0.05, 0) is 24.3 Å². The second kappa shape index (κ2) is 11.8. The van der Waals surface area contributed by atoms with E-state index in [0.717, 1.165) is 0 Å². The van der Waals surface area contributed by atoms with Crippen molar-refractivity contribution in [3.05, 3.63) is 36.7 Å². The number of carbonyl (C=O) groups is 1. The van der Waals surface area contributed by atoms with Crippen molar-refractivity contribution < 1.29 is 27.1 Å². The third-order valence-corrected chi connectivity index (χ3v) is 4.08. The zero-order valence-corrected chi connectivity index (χ0v) is 19.1. The molecule has 0 saturated heterocycles. The molecule has 6 nitrogen and oxygen atoms in total. The molecule has 0 aliphatic heterocycles. The zero-order valence-electron chi connectivity index (χ0n) is 17.6. The van der Waals surface area contributed by atoms with E-state index in [-0.39, 0.29) is 18.7 Å². The number of carbonyl (C=O) groups excluding carboxylic acids is 1. The summed E-state index contributed by atoms with van der Waals surface area (Å²) in [5.41, 5.74) is 5.17. The van der Waals surface area contributed by atoms with Gasteiger partial charge in [0.1, 0.15) is 11.9 Å².